The topological polar surface area (TPSA) is 49.4 Å². The van der Waals surface area contributed by atoms with Crippen LogP contribution in [0, 0.1) is 0 Å². The third-order valence-corrected chi connectivity index (χ3v) is 3.29. The molecular formula is C11H10Cl2N2O2. The number of amides is 2. The first-order valence-corrected chi connectivity index (χ1v) is 5.77. The number of likely N-dealkylation sites (N-methyl/N-ethyl adjacent to an activating group) is 1. The number of anilines is 1. The standard InChI is InChI=1S/C11H10Cl2N2O2/c1-15-9(16)5-8(11(15)17)14-10-6(12)3-2-4-7(10)13/h2-4,8,14H,5H2,1H3. The van der Waals surface area contributed by atoms with Crippen molar-refractivity contribution in [3.05, 3.63) is 28.2 Å². The molecule has 0 spiro atoms. The third kappa shape index (κ3) is 2.23. The molecule has 1 saturated heterocycles. The van der Waals surface area contributed by atoms with Crippen LogP contribution in [0.15, 0.2) is 18.2 Å². The van der Waals surface area contributed by atoms with Crippen LogP contribution < -0.4 is 5.32 Å². The minimum atomic E-state index is -0.593. The monoisotopic (exact) mass is 272 g/mol. The minimum Gasteiger partial charge on any atom is -0.371 e. The number of imide groups is 1. The molecule has 0 aromatic heterocycles. The number of hydrogen-bond donors (Lipinski definition) is 1. The Kier molecular flexibility index (Phi) is 3.26. The molecule has 1 aromatic carbocycles. The molecule has 1 atom stereocenters. The maximum atomic E-state index is 11.7. The smallest absolute Gasteiger partial charge is 0.251 e. The summed E-state index contributed by atoms with van der Waals surface area (Å²) in [6.45, 7) is 0. The first-order valence-electron chi connectivity index (χ1n) is 5.01. The Balaban J connectivity index is 2.23. The van der Waals surface area contributed by atoms with Gasteiger partial charge in [-0.05, 0) is 12.1 Å². The van der Waals surface area contributed by atoms with Gasteiger partial charge in [0.1, 0.15) is 6.04 Å². The molecule has 1 unspecified atom stereocenters. The van der Waals surface area contributed by atoms with E-state index >= 15 is 0 Å². The van der Waals surface area contributed by atoms with Gasteiger partial charge in [0, 0.05) is 7.05 Å². The summed E-state index contributed by atoms with van der Waals surface area (Å²) in [5, 5.41) is 3.76. The van der Waals surface area contributed by atoms with E-state index in [1.807, 2.05) is 0 Å². The summed E-state index contributed by atoms with van der Waals surface area (Å²) in [6.07, 6.45) is 0.122. The van der Waals surface area contributed by atoms with Crippen molar-refractivity contribution < 1.29 is 9.59 Å². The molecule has 4 nitrogen and oxygen atoms in total. The van der Waals surface area contributed by atoms with Crippen molar-refractivity contribution in [2.45, 2.75) is 12.5 Å². The summed E-state index contributed by atoms with van der Waals surface area (Å²) in [6, 6.07) is 4.45. The first-order chi connectivity index (χ1) is 8.00. The summed E-state index contributed by atoms with van der Waals surface area (Å²) < 4.78 is 0. The number of benzene rings is 1. The lowest BCUT2D eigenvalue weighted by molar-refractivity contribution is -0.136. The number of para-hydroxylation sites is 1. The van der Waals surface area contributed by atoms with Crippen molar-refractivity contribution in [1.29, 1.82) is 0 Å². The molecule has 0 saturated carbocycles. The average molecular weight is 273 g/mol. The van der Waals surface area contributed by atoms with Gasteiger partial charge in [-0.25, -0.2) is 0 Å². The van der Waals surface area contributed by atoms with Gasteiger partial charge in [-0.2, -0.15) is 0 Å². The number of rotatable bonds is 2. The van der Waals surface area contributed by atoms with E-state index in [2.05, 4.69) is 5.32 Å². The number of likely N-dealkylation sites (tertiary alicyclic amines) is 1. The molecule has 1 fully saturated rings. The highest BCUT2D eigenvalue weighted by Gasteiger charge is 2.36. The van der Waals surface area contributed by atoms with Gasteiger partial charge in [0.2, 0.25) is 5.91 Å². The predicted octanol–water partition coefficient (Wildman–Crippen LogP) is 2.16. The third-order valence-electron chi connectivity index (χ3n) is 2.66. The van der Waals surface area contributed by atoms with Crippen LogP contribution in [0.2, 0.25) is 10.0 Å². The predicted molar refractivity (Wildman–Crippen MR) is 66.3 cm³/mol. The van der Waals surface area contributed by atoms with Gasteiger partial charge < -0.3 is 5.32 Å². The molecule has 90 valence electrons. The van der Waals surface area contributed by atoms with Crippen LogP contribution in [0.25, 0.3) is 0 Å². The number of carbonyl (C=O) groups excluding carboxylic acids is 2. The number of nitrogens with one attached hydrogen (secondary N) is 1. The largest absolute Gasteiger partial charge is 0.371 e. The Morgan fingerprint density at radius 1 is 1.29 bits per heavy atom. The van der Waals surface area contributed by atoms with Crippen molar-refractivity contribution >= 4 is 40.7 Å². The lowest BCUT2D eigenvalue weighted by Gasteiger charge is -2.14. The van der Waals surface area contributed by atoms with Gasteiger partial charge in [0.05, 0.1) is 22.2 Å². The quantitative estimate of drug-likeness (QED) is 0.840. The van der Waals surface area contributed by atoms with E-state index in [0.29, 0.717) is 15.7 Å². The minimum absolute atomic E-state index is 0.122. The zero-order chi connectivity index (χ0) is 12.6. The fourth-order valence-electron chi connectivity index (χ4n) is 1.68. The van der Waals surface area contributed by atoms with Crippen LogP contribution in [0.1, 0.15) is 6.42 Å². The number of nitrogens with zero attached hydrogens (tertiary/aromatic N) is 1. The molecule has 1 N–H and O–H groups in total. The Morgan fingerprint density at radius 2 is 1.88 bits per heavy atom. The average Bonchev–Trinajstić information content (AvgIpc) is 2.52. The molecule has 1 aromatic rings. The molecule has 6 heteroatoms. The highest BCUT2D eigenvalue weighted by Crippen LogP contribution is 2.31. The van der Waals surface area contributed by atoms with Gasteiger partial charge >= 0.3 is 0 Å². The molecule has 1 aliphatic rings. The van der Waals surface area contributed by atoms with Crippen molar-refractivity contribution in [3.8, 4) is 0 Å². The van der Waals surface area contributed by atoms with Crippen LogP contribution in [0.4, 0.5) is 5.69 Å². The summed E-state index contributed by atoms with van der Waals surface area (Å²) >= 11 is 11.9. The van der Waals surface area contributed by atoms with Gasteiger partial charge in [-0.1, -0.05) is 29.3 Å². The van der Waals surface area contributed by atoms with E-state index in [1.165, 1.54) is 7.05 Å². The molecule has 0 aliphatic carbocycles. The van der Waals surface area contributed by atoms with Crippen LogP contribution in [-0.2, 0) is 9.59 Å². The van der Waals surface area contributed by atoms with E-state index in [-0.39, 0.29) is 18.2 Å². The van der Waals surface area contributed by atoms with Gasteiger partial charge in [-0.3, -0.25) is 14.5 Å². The molecule has 17 heavy (non-hydrogen) atoms. The Morgan fingerprint density at radius 3 is 2.35 bits per heavy atom. The zero-order valence-electron chi connectivity index (χ0n) is 9.04. The summed E-state index contributed by atoms with van der Waals surface area (Å²) in [5.41, 5.74) is 0.484. The summed E-state index contributed by atoms with van der Waals surface area (Å²) in [4.78, 5) is 24.2. The molecular weight excluding hydrogens is 263 g/mol. The maximum absolute atomic E-state index is 11.7. The van der Waals surface area contributed by atoms with Gasteiger partial charge in [0.15, 0.2) is 0 Å². The van der Waals surface area contributed by atoms with Crippen molar-refractivity contribution in [3.63, 3.8) is 0 Å². The van der Waals surface area contributed by atoms with Crippen LogP contribution in [0.5, 0.6) is 0 Å². The lowest BCUT2D eigenvalue weighted by Crippen LogP contribution is -2.31. The molecule has 2 amide bonds. The summed E-state index contributed by atoms with van der Waals surface area (Å²) in [5.74, 6) is -0.485. The first kappa shape index (κ1) is 12.2. The molecule has 2 rings (SSSR count). The second-order valence-corrected chi connectivity index (χ2v) is 4.60. The van der Waals surface area contributed by atoms with Crippen LogP contribution >= 0.6 is 23.2 Å². The molecule has 1 aliphatic heterocycles. The normalized spacial score (nSPS) is 19.9. The SMILES string of the molecule is CN1C(=O)CC(Nc2c(Cl)cccc2Cl)C1=O. The number of carbonyl (C=O) groups is 2. The molecule has 0 radical (unpaired) electrons. The Bertz CT molecular complexity index is 470. The molecule has 1 heterocycles. The van der Waals surface area contributed by atoms with Crippen LogP contribution in [0.3, 0.4) is 0 Å². The van der Waals surface area contributed by atoms with Crippen LogP contribution in [-0.4, -0.2) is 29.8 Å². The van der Waals surface area contributed by atoms with E-state index < -0.39 is 6.04 Å². The second-order valence-electron chi connectivity index (χ2n) is 3.79. The number of hydrogen-bond acceptors (Lipinski definition) is 3. The second kappa shape index (κ2) is 4.55. The maximum Gasteiger partial charge on any atom is 0.251 e. The lowest BCUT2D eigenvalue weighted by atomic mass is 10.2. The van der Waals surface area contributed by atoms with E-state index in [9.17, 15) is 9.59 Å². The van der Waals surface area contributed by atoms with Gasteiger partial charge in [0.25, 0.3) is 5.91 Å². The van der Waals surface area contributed by atoms with Crippen molar-refractivity contribution in [2.75, 3.05) is 12.4 Å². The van der Waals surface area contributed by atoms with E-state index in [4.69, 9.17) is 23.2 Å². The van der Waals surface area contributed by atoms with Crippen molar-refractivity contribution in [1.82, 2.24) is 4.90 Å². The fourth-order valence-corrected chi connectivity index (χ4v) is 2.18. The Hall–Kier alpha value is -1.26. The van der Waals surface area contributed by atoms with Gasteiger partial charge in [-0.15, -0.1) is 0 Å². The van der Waals surface area contributed by atoms with E-state index in [1.54, 1.807) is 18.2 Å². The molecule has 0 bridgehead atoms. The van der Waals surface area contributed by atoms with E-state index in [0.717, 1.165) is 4.90 Å². The summed E-state index contributed by atoms with van der Waals surface area (Å²) in [7, 11) is 1.46. The zero-order valence-corrected chi connectivity index (χ0v) is 10.5. The Labute approximate surface area is 108 Å². The highest BCUT2D eigenvalue weighted by atomic mass is 35.5. The fraction of sp³-hybridized carbons (Fsp3) is 0.273. The highest BCUT2D eigenvalue weighted by molar-refractivity contribution is 6.39. The van der Waals surface area contributed by atoms with Crippen molar-refractivity contribution in [2.24, 2.45) is 0 Å². The number of halogens is 2.